The highest BCUT2D eigenvalue weighted by Gasteiger charge is 2.17. The maximum atomic E-state index is 12.0. The molecule has 1 aromatic heterocycles. The van der Waals surface area contributed by atoms with Gasteiger partial charge in [-0.15, -0.1) is 0 Å². The summed E-state index contributed by atoms with van der Waals surface area (Å²) in [6, 6.07) is 2.37. The standard InChI is InChI=1S/C17H28ClN5OS/c1-13-7-4-5-9-23(13)10-6-8-19-16(24)12-25-17-20-14(18)11-15(21-17)22(2)3/h11,13H,4-10,12H2,1-3H3,(H,19,24). The van der Waals surface area contributed by atoms with Crippen LogP contribution in [-0.4, -0.2) is 66.3 Å². The molecule has 0 spiro atoms. The summed E-state index contributed by atoms with van der Waals surface area (Å²) in [4.78, 5) is 24.9. The fourth-order valence-electron chi connectivity index (χ4n) is 2.86. The Kier molecular flexibility index (Phi) is 8.26. The quantitative estimate of drug-likeness (QED) is 0.321. The number of piperidine rings is 1. The molecule has 0 bridgehead atoms. The summed E-state index contributed by atoms with van der Waals surface area (Å²) in [6.07, 6.45) is 4.91. The van der Waals surface area contributed by atoms with E-state index in [1.54, 1.807) is 6.07 Å². The van der Waals surface area contributed by atoms with Crippen LogP contribution < -0.4 is 10.2 Å². The Balaban J connectivity index is 1.67. The van der Waals surface area contributed by atoms with Crippen LogP contribution in [0.15, 0.2) is 11.2 Å². The lowest BCUT2D eigenvalue weighted by molar-refractivity contribution is -0.118. The number of halogens is 1. The van der Waals surface area contributed by atoms with Crippen molar-refractivity contribution in [3.05, 3.63) is 11.2 Å². The summed E-state index contributed by atoms with van der Waals surface area (Å²) in [5, 5.41) is 3.88. The number of likely N-dealkylation sites (tertiary alicyclic amines) is 1. The van der Waals surface area contributed by atoms with Gasteiger partial charge in [0.1, 0.15) is 11.0 Å². The average Bonchev–Trinajstić information content (AvgIpc) is 2.58. The molecule has 2 rings (SSSR count). The van der Waals surface area contributed by atoms with Crippen molar-refractivity contribution in [3.8, 4) is 0 Å². The monoisotopic (exact) mass is 385 g/mol. The molecular weight excluding hydrogens is 358 g/mol. The van der Waals surface area contributed by atoms with Gasteiger partial charge in [-0.1, -0.05) is 29.8 Å². The van der Waals surface area contributed by atoms with E-state index in [4.69, 9.17) is 11.6 Å². The van der Waals surface area contributed by atoms with Crippen LogP contribution in [0.2, 0.25) is 5.15 Å². The predicted octanol–water partition coefficient (Wildman–Crippen LogP) is 2.67. The van der Waals surface area contributed by atoms with Gasteiger partial charge in [0.2, 0.25) is 5.91 Å². The number of nitrogens with one attached hydrogen (secondary N) is 1. The molecular formula is C17H28ClN5OS. The molecule has 6 nitrogen and oxygen atoms in total. The molecule has 8 heteroatoms. The first kappa shape index (κ1) is 20.3. The largest absolute Gasteiger partial charge is 0.363 e. The van der Waals surface area contributed by atoms with E-state index in [0.29, 0.717) is 28.6 Å². The highest BCUT2D eigenvalue weighted by atomic mass is 35.5. The van der Waals surface area contributed by atoms with E-state index in [9.17, 15) is 4.79 Å². The fraction of sp³-hybridized carbons (Fsp3) is 0.706. The number of thioether (sulfide) groups is 1. The SMILES string of the molecule is CC1CCCCN1CCCNC(=O)CSc1nc(Cl)cc(N(C)C)n1. The molecule has 0 saturated carbocycles. The minimum Gasteiger partial charge on any atom is -0.363 e. The summed E-state index contributed by atoms with van der Waals surface area (Å²) in [6.45, 7) is 5.24. The third-order valence-electron chi connectivity index (χ3n) is 4.34. The number of amides is 1. The fourth-order valence-corrected chi connectivity index (χ4v) is 3.77. The lowest BCUT2D eigenvalue weighted by Crippen LogP contribution is -2.39. The first-order chi connectivity index (χ1) is 12.0. The third kappa shape index (κ3) is 6.99. The lowest BCUT2D eigenvalue weighted by atomic mass is 10.0. The minimum atomic E-state index is 0.00618. The number of aromatic nitrogens is 2. The van der Waals surface area contributed by atoms with Gasteiger partial charge in [0.15, 0.2) is 5.16 Å². The van der Waals surface area contributed by atoms with Crippen LogP contribution in [-0.2, 0) is 4.79 Å². The molecule has 140 valence electrons. The van der Waals surface area contributed by atoms with Crippen LogP contribution in [0.4, 0.5) is 5.82 Å². The van der Waals surface area contributed by atoms with E-state index >= 15 is 0 Å². The van der Waals surface area contributed by atoms with E-state index < -0.39 is 0 Å². The molecule has 1 fully saturated rings. The summed E-state index contributed by atoms with van der Waals surface area (Å²) in [5.41, 5.74) is 0. The van der Waals surface area contributed by atoms with Crippen LogP contribution in [0, 0.1) is 0 Å². The number of carbonyl (C=O) groups is 1. The summed E-state index contributed by atoms with van der Waals surface area (Å²) in [7, 11) is 3.78. The van der Waals surface area contributed by atoms with Gasteiger partial charge in [-0.2, -0.15) is 0 Å². The molecule has 1 amide bonds. The molecule has 25 heavy (non-hydrogen) atoms. The number of hydrogen-bond acceptors (Lipinski definition) is 6. The molecule has 1 atom stereocenters. The molecule has 0 aromatic carbocycles. The Morgan fingerprint density at radius 3 is 2.96 bits per heavy atom. The molecule has 2 heterocycles. The van der Waals surface area contributed by atoms with Gasteiger partial charge in [0, 0.05) is 39.3 Å². The average molecular weight is 386 g/mol. The normalized spacial score (nSPS) is 18.2. The highest BCUT2D eigenvalue weighted by molar-refractivity contribution is 7.99. The van der Waals surface area contributed by atoms with Crippen molar-refractivity contribution in [2.75, 3.05) is 44.4 Å². The zero-order valence-corrected chi connectivity index (χ0v) is 16.9. The smallest absolute Gasteiger partial charge is 0.230 e. The third-order valence-corrected chi connectivity index (χ3v) is 5.38. The Bertz CT molecular complexity index is 572. The molecule has 0 radical (unpaired) electrons. The number of hydrogen-bond donors (Lipinski definition) is 1. The molecule has 1 N–H and O–H groups in total. The Morgan fingerprint density at radius 2 is 2.24 bits per heavy atom. The second kappa shape index (κ2) is 10.2. The van der Waals surface area contributed by atoms with Crippen molar-refractivity contribution in [2.45, 2.75) is 43.8 Å². The number of anilines is 1. The van der Waals surface area contributed by atoms with Crippen molar-refractivity contribution in [1.29, 1.82) is 0 Å². The Morgan fingerprint density at radius 1 is 1.44 bits per heavy atom. The van der Waals surface area contributed by atoms with Crippen LogP contribution in [0.3, 0.4) is 0 Å². The highest BCUT2D eigenvalue weighted by Crippen LogP contribution is 2.20. The zero-order valence-electron chi connectivity index (χ0n) is 15.3. The van der Waals surface area contributed by atoms with E-state index in [1.165, 1.54) is 37.6 Å². The van der Waals surface area contributed by atoms with E-state index in [2.05, 4.69) is 27.1 Å². The topological polar surface area (TPSA) is 61.4 Å². The number of carbonyl (C=O) groups excluding carboxylic acids is 1. The van der Waals surface area contributed by atoms with E-state index in [1.807, 2.05) is 19.0 Å². The Labute approximate surface area is 159 Å². The van der Waals surface area contributed by atoms with Gasteiger partial charge >= 0.3 is 0 Å². The summed E-state index contributed by atoms with van der Waals surface area (Å²) < 4.78 is 0. The summed E-state index contributed by atoms with van der Waals surface area (Å²) >= 11 is 7.31. The summed E-state index contributed by atoms with van der Waals surface area (Å²) in [5.74, 6) is 1.04. The molecule has 1 aliphatic heterocycles. The van der Waals surface area contributed by atoms with Crippen molar-refractivity contribution in [2.24, 2.45) is 0 Å². The number of nitrogens with zero attached hydrogens (tertiary/aromatic N) is 4. The van der Waals surface area contributed by atoms with Gasteiger partial charge < -0.3 is 15.1 Å². The van der Waals surface area contributed by atoms with Crippen molar-refractivity contribution in [3.63, 3.8) is 0 Å². The van der Waals surface area contributed by atoms with Crippen LogP contribution >= 0.6 is 23.4 Å². The molecule has 1 aliphatic rings. The van der Waals surface area contributed by atoms with Gasteiger partial charge in [0.05, 0.1) is 5.75 Å². The van der Waals surface area contributed by atoms with E-state index in [0.717, 1.165) is 18.8 Å². The van der Waals surface area contributed by atoms with E-state index in [-0.39, 0.29) is 5.91 Å². The zero-order chi connectivity index (χ0) is 18.2. The molecule has 0 aliphatic carbocycles. The molecule has 1 aromatic rings. The predicted molar refractivity (Wildman–Crippen MR) is 105 cm³/mol. The maximum absolute atomic E-state index is 12.0. The molecule has 1 saturated heterocycles. The first-order valence-electron chi connectivity index (χ1n) is 8.81. The number of rotatable bonds is 8. The van der Waals surface area contributed by atoms with Gasteiger partial charge in [-0.3, -0.25) is 4.79 Å². The van der Waals surface area contributed by atoms with Crippen LogP contribution in [0.25, 0.3) is 0 Å². The van der Waals surface area contributed by atoms with Gasteiger partial charge in [-0.05, 0) is 32.7 Å². The van der Waals surface area contributed by atoms with Crippen LogP contribution in [0.5, 0.6) is 0 Å². The van der Waals surface area contributed by atoms with Gasteiger partial charge in [0.25, 0.3) is 0 Å². The lowest BCUT2D eigenvalue weighted by Gasteiger charge is -2.33. The maximum Gasteiger partial charge on any atom is 0.230 e. The van der Waals surface area contributed by atoms with Crippen molar-refractivity contribution in [1.82, 2.24) is 20.2 Å². The second-order valence-corrected chi connectivity index (χ2v) is 7.93. The first-order valence-corrected chi connectivity index (χ1v) is 10.2. The van der Waals surface area contributed by atoms with Gasteiger partial charge in [-0.25, -0.2) is 9.97 Å². The van der Waals surface area contributed by atoms with Crippen molar-refractivity contribution >= 4 is 35.1 Å². The minimum absolute atomic E-state index is 0.00618. The molecule has 1 unspecified atom stereocenters. The second-order valence-electron chi connectivity index (χ2n) is 6.60. The van der Waals surface area contributed by atoms with Crippen LogP contribution in [0.1, 0.15) is 32.6 Å². The van der Waals surface area contributed by atoms with Crippen molar-refractivity contribution < 1.29 is 4.79 Å². The Hall–Kier alpha value is -1.05.